The topological polar surface area (TPSA) is 9.23 Å². The molecule has 0 atom stereocenters. The van der Waals surface area contributed by atoms with Crippen molar-refractivity contribution in [1.82, 2.24) is 0 Å². The van der Waals surface area contributed by atoms with Gasteiger partial charge in [-0.05, 0) is 42.9 Å². The molecule has 1 aromatic rings. The summed E-state index contributed by atoms with van der Waals surface area (Å²) in [5.41, 5.74) is 1.09. The van der Waals surface area contributed by atoms with Crippen LogP contribution in [0.2, 0.25) is 10.0 Å². The first kappa shape index (κ1) is 11.1. The largest absolute Gasteiger partial charge is 0.492 e. The minimum absolute atomic E-state index is 0.609. The van der Waals surface area contributed by atoms with E-state index in [1.807, 2.05) is 6.07 Å². The molecule has 1 fully saturated rings. The van der Waals surface area contributed by atoms with E-state index in [-0.39, 0.29) is 0 Å². The van der Waals surface area contributed by atoms with Gasteiger partial charge in [0.1, 0.15) is 5.75 Å². The molecule has 15 heavy (non-hydrogen) atoms. The second-order valence-corrected chi connectivity index (χ2v) is 4.80. The molecule has 0 aromatic heterocycles. The molecule has 0 aliphatic heterocycles. The molecule has 1 aliphatic rings. The Morgan fingerprint density at radius 2 is 2.00 bits per heavy atom. The number of hydrogen-bond donors (Lipinski definition) is 0. The summed E-state index contributed by atoms with van der Waals surface area (Å²) in [5.74, 6) is 1.51. The average Bonchev–Trinajstić information content (AvgIpc) is 3.00. The molecule has 3 heteroatoms. The highest BCUT2D eigenvalue weighted by Crippen LogP contribution is 2.34. The Balaban J connectivity index is 2.13. The minimum Gasteiger partial charge on any atom is -0.492 e. The first-order valence-corrected chi connectivity index (χ1v) is 6.07. The maximum atomic E-state index is 6.05. The lowest BCUT2D eigenvalue weighted by Crippen LogP contribution is -2.00. The summed E-state index contributed by atoms with van der Waals surface area (Å²) >= 11 is 12.1. The zero-order valence-corrected chi connectivity index (χ0v) is 10.2. The van der Waals surface area contributed by atoms with Crippen molar-refractivity contribution in [2.45, 2.75) is 26.2 Å². The molecular formula is C12H14Cl2O. The Morgan fingerprint density at radius 3 is 2.60 bits per heavy atom. The molecular weight excluding hydrogens is 231 g/mol. The van der Waals surface area contributed by atoms with E-state index in [2.05, 4.69) is 6.92 Å². The van der Waals surface area contributed by atoms with Gasteiger partial charge in [-0.25, -0.2) is 0 Å². The van der Waals surface area contributed by atoms with Crippen LogP contribution in [-0.4, -0.2) is 6.61 Å². The van der Waals surface area contributed by atoms with E-state index in [1.54, 1.807) is 6.07 Å². The first-order valence-electron chi connectivity index (χ1n) is 5.31. The Morgan fingerprint density at radius 1 is 1.27 bits per heavy atom. The predicted molar refractivity (Wildman–Crippen MR) is 64.1 cm³/mol. The Kier molecular flexibility index (Phi) is 3.42. The lowest BCUT2D eigenvalue weighted by atomic mass is 10.1. The number of rotatable bonds is 4. The highest BCUT2D eigenvalue weighted by Gasteiger charge is 2.22. The summed E-state index contributed by atoms with van der Waals surface area (Å²) in [4.78, 5) is 0. The smallest absolute Gasteiger partial charge is 0.138 e. The van der Waals surface area contributed by atoms with Crippen LogP contribution in [0.4, 0.5) is 0 Å². The second-order valence-electron chi connectivity index (χ2n) is 3.98. The van der Waals surface area contributed by atoms with E-state index in [9.17, 15) is 0 Å². The summed E-state index contributed by atoms with van der Waals surface area (Å²) in [6, 6.07) is 3.72. The van der Waals surface area contributed by atoms with E-state index in [4.69, 9.17) is 27.9 Å². The highest BCUT2D eigenvalue weighted by molar-refractivity contribution is 6.36. The van der Waals surface area contributed by atoms with Crippen LogP contribution in [0.25, 0.3) is 0 Å². The van der Waals surface area contributed by atoms with Crippen LogP contribution >= 0.6 is 23.2 Å². The van der Waals surface area contributed by atoms with Gasteiger partial charge in [0.05, 0.1) is 11.6 Å². The highest BCUT2D eigenvalue weighted by atomic mass is 35.5. The van der Waals surface area contributed by atoms with E-state index in [0.29, 0.717) is 5.02 Å². The maximum Gasteiger partial charge on any atom is 0.138 e. The SMILES string of the molecule is CCc1cc(OCC2CC2)c(Cl)cc1Cl. The van der Waals surface area contributed by atoms with Crippen LogP contribution in [0.5, 0.6) is 5.75 Å². The molecule has 1 saturated carbocycles. The molecule has 82 valence electrons. The van der Waals surface area contributed by atoms with Gasteiger partial charge in [-0.3, -0.25) is 0 Å². The van der Waals surface area contributed by atoms with Crippen LogP contribution in [0.15, 0.2) is 12.1 Å². The maximum absolute atomic E-state index is 6.05. The van der Waals surface area contributed by atoms with Gasteiger partial charge < -0.3 is 4.74 Å². The lowest BCUT2D eigenvalue weighted by Gasteiger charge is -2.10. The summed E-state index contributed by atoms with van der Waals surface area (Å²) in [6.45, 7) is 2.85. The molecule has 2 rings (SSSR count). The van der Waals surface area contributed by atoms with Crippen molar-refractivity contribution in [2.24, 2.45) is 5.92 Å². The van der Waals surface area contributed by atoms with E-state index < -0.39 is 0 Å². The average molecular weight is 245 g/mol. The van der Waals surface area contributed by atoms with Gasteiger partial charge in [0.15, 0.2) is 0 Å². The van der Waals surface area contributed by atoms with Crippen molar-refractivity contribution >= 4 is 23.2 Å². The normalized spacial score (nSPS) is 15.4. The number of ether oxygens (including phenoxy) is 1. The van der Waals surface area contributed by atoms with Crippen LogP contribution in [-0.2, 0) is 6.42 Å². The molecule has 0 bridgehead atoms. The third kappa shape index (κ3) is 2.79. The Bertz CT molecular complexity index is 359. The molecule has 0 N–H and O–H groups in total. The number of benzene rings is 1. The minimum atomic E-state index is 0.609. The van der Waals surface area contributed by atoms with Crippen LogP contribution in [0.3, 0.4) is 0 Å². The third-order valence-corrected chi connectivity index (χ3v) is 3.30. The summed E-state index contributed by atoms with van der Waals surface area (Å²) in [6.07, 6.45) is 3.47. The molecule has 1 nitrogen and oxygen atoms in total. The van der Waals surface area contributed by atoms with E-state index in [0.717, 1.165) is 35.3 Å². The van der Waals surface area contributed by atoms with Gasteiger partial charge in [-0.2, -0.15) is 0 Å². The fourth-order valence-corrected chi connectivity index (χ4v) is 2.02. The molecule has 0 amide bonds. The van der Waals surface area contributed by atoms with Gasteiger partial charge in [0, 0.05) is 5.02 Å². The van der Waals surface area contributed by atoms with Crippen LogP contribution < -0.4 is 4.74 Å². The van der Waals surface area contributed by atoms with Gasteiger partial charge in [0.25, 0.3) is 0 Å². The van der Waals surface area contributed by atoms with Gasteiger partial charge in [-0.15, -0.1) is 0 Å². The second kappa shape index (κ2) is 4.63. The van der Waals surface area contributed by atoms with Crippen LogP contribution in [0, 0.1) is 5.92 Å². The van der Waals surface area contributed by atoms with Crippen molar-refractivity contribution in [3.05, 3.63) is 27.7 Å². The Labute approximate surface area is 100 Å². The zero-order valence-electron chi connectivity index (χ0n) is 8.72. The summed E-state index contributed by atoms with van der Waals surface area (Å²) in [5, 5.41) is 1.33. The standard InChI is InChI=1S/C12H14Cl2O/c1-2-9-5-12(11(14)6-10(9)13)15-7-8-3-4-8/h5-6,8H,2-4,7H2,1H3. The summed E-state index contributed by atoms with van der Waals surface area (Å²) < 4.78 is 5.67. The fourth-order valence-electron chi connectivity index (χ4n) is 1.44. The van der Waals surface area contributed by atoms with Gasteiger partial charge >= 0.3 is 0 Å². The molecule has 0 saturated heterocycles. The van der Waals surface area contributed by atoms with Gasteiger partial charge in [0.2, 0.25) is 0 Å². The molecule has 1 aromatic carbocycles. The quantitative estimate of drug-likeness (QED) is 0.766. The molecule has 0 spiro atoms. The predicted octanol–water partition coefficient (Wildman–Crippen LogP) is 4.34. The number of halogens is 2. The third-order valence-electron chi connectivity index (χ3n) is 2.65. The molecule has 1 aliphatic carbocycles. The number of hydrogen-bond acceptors (Lipinski definition) is 1. The van der Waals surface area contributed by atoms with E-state index >= 15 is 0 Å². The van der Waals surface area contributed by atoms with Crippen molar-refractivity contribution < 1.29 is 4.74 Å². The van der Waals surface area contributed by atoms with Crippen molar-refractivity contribution in [1.29, 1.82) is 0 Å². The molecule has 0 unspecified atom stereocenters. The zero-order chi connectivity index (χ0) is 10.8. The number of aryl methyl sites for hydroxylation is 1. The molecule has 0 heterocycles. The fraction of sp³-hybridized carbons (Fsp3) is 0.500. The monoisotopic (exact) mass is 244 g/mol. The van der Waals surface area contributed by atoms with Crippen molar-refractivity contribution in [2.75, 3.05) is 6.61 Å². The van der Waals surface area contributed by atoms with Crippen LogP contribution in [0.1, 0.15) is 25.3 Å². The molecule has 0 radical (unpaired) electrons. The first-order chi connectivity index (χ1) is 7.20. The Hall–Kier alpha value is -0.400. The van der Waals surface area contributed by atoms with Crippen molar-refractivity contribution in [3.8, 4) is 5.75 Å². The van der Waals surface area contributed by atoms with Crippen molar-refractivity contribution in [3.63, 3.8) is 0 Å². The van der Waals surface area contributed by atoms with Gasteiger partial charge in [-0.1, -0.05) is 30.1 Å². The summed E-state index contributed by atoms with van der Waals surface area (Å²) in [7, 11) is 0. The van der Waals surface area contributed by atoms with E-state index in [1.165, 1.54) is 12.8 Å². The lowest BCUT2D eigenvalue weighted by molar-refractivity contribution is 0.299.